The highest BCUT2D eigenvalue weighted by atomic mass is 16.5. The molecular formula is C21H28N2O4. The molecule has 1 aromatic rings. The number of fused-ring (bicyclic) bond motifs is 1. The van der Waals surface area contributed by atoms with Gasteiger partial charge in [-0.05, 0) is 30.7 Å². The Kier molecular flexibility index (Phi) is 5.74. The monoisotopic (exact) mass is 372 g/mol. The molecule has 3 atom stereocenters. The van der Waals surface area contributed by atoms with Crippen molar-refractivity contribution < 1.29 is 19.1 Å². The normalized spacial score (nSPS) is 28.1. The molecule has 3 fully saturated rings. The number of benzene rings is 1. The topological polar surface area (TPSA) is 67.9 Å². The Morgan fingerprint density at radius 2 is 1.85 bits per heavy atom. The zero-order valence-corrected chi connectivity index (χ0v) is 15.6. The van der Waals surface area contributed by atoms with Gasteiger partial charge in [-0.15, -0.1) is 0 Å². The number of hydrogen-bond acceptors (Lipinski definition) is 4. The number of nitrogens with zero attached hydrogens (tertiary/aromatic N) is 1. The summed E-state index contributed by atoms with van der Waals surface area (Å²) in [6.45, 7) is 3.32. The van der Waals surface area contributed by atoms with Crippen LogP contribution in [0, 0.1) is 11.8 Å². The van der Waals surface area contributed by atoms with Crippen LogP contribution in [0.5, 0.6) is 0 Å². The quantitative estimate of drug-likeness (QED) is 0.848. The van der Waals surface area contributed by atoms with Crippen molar-refractivity contribution in [3.63, 3.8) is 0 Å². The van der Waals surface area contributed by atoms with Gasteiger partial charge >= 0.3 is 0 Å². The molecule has 4 rings (SSSR count). The largest absolute Gasteiger partial charge is 0.381 e. The van der Waals surface area contributed by atoms with E-state index < -0.39 is 0 Å². The zero-order chi connectivity index (χ0) is 18.6. The van der Waals surface area contributed by atoms with E-state index in [4.69, 9.17) is 9.47 Å². The molecule has 1 aromatic carbocycles. The van der Waals surface area contributed by atoms with Gasteiger partial charge in [0.2, 0.25) is 11.8 Å². The van der Waals surface area contributed by atoms with Crippen molar-refractivity contribution in [2.24, 2.45) is 11.8 Å². The van der Waals surface area contributed by atoms with Gasteiger partial charge in [0.1, 0.15) is 0 Å². The first-order valence-corrected chi connectivity index (χ1v) is 10.0. The first-order valence-electron chi connectivity index (χ1n) is 10.0. The molecule has 27 heavy (non-hydrogen) atoms. The molecule has 2 amide bonds. The predicted octanol–water partition coefficient (Wildman–Crippen LogP) is 1.39. The average molecular weight is 372 g/mol. The summed E-state index contributed by atoms with van der Waals surface area (Å²) in [5, 5.41) is 3.10. The minimum atomic E-state index is -0.267. The van der Waals surface area contributed by atoms with Gasteiger partial charge in [0.25, 0.3) is 0 Å². The number of amides is 2. The maximum atomic E-state index is 12.9. The molecule has 1 N–H and O–H groups in total. The van der Waals surface area contributed by atoms with Gasteiger partial charge in [0.05, 0.1) is 24.5 Å². The maximum Gasteiger partial charge on any atom is 0.227 e. The Hall–Kier alpha value is -1.92. The number of nitrogens with one attached hydrogen (secondary N) is 1. The van der Waals surface area contributed by atoms with Crippen molar-refractivity contribution in [1.29, 1.82) is 0 Å². The van der Waals surface area contributed by atoms with Crippen LogP contribution in [0.2, 0.25) is 0 Å². The van der Waals surface area contributed by atoms with Crippen molar-refractivity contribution >= 4 is 11.8 Å². The molecule has 0 radical (unpaired) electrons. The van der Waals surface area contributed by atoms with E-state index >= 15 is 0 Å². The second kappa shape index (κ2) is 8.40. The SMILES string of the molecule is O=C(NCC1CCOCC1)[C@@H]1CN(C(=O)Cc2ccccc2)[C@@H]2CCO[C@@H]21. The highest BCUT2D eigenvalue weighted by molar-refractivity contribution is 5.84. The highest BCUT2D eigenvalue weighted by Crippen LogP contribution is 2.34. The molecule has 6 heteroatoms. The number of rotatable bonds is 5. The van der Waals surface area contributed by atoms with Crippen LogP contribution in [0.4, 0.5) is 0 Å². The lowest BCUT2D eigenvalue weighted by Gasteiger charge is -2.23. The van der Waals surface area contributed by atoms with Crippen LogP contribution in [0.1, 0.15) is 24.8 Å². The summed E-state index contributed by atoms with van der Waals surface area (Å²) in [6, 6.07) is 9.80. The summed E-state index contributed by atoms with van der Waals surface area (Å²) >= 11 is 0. The summed E-state index contributed by atoms with van der Waals surface area (Å²) in [5.41, 5.74) is 1.00. The molecule has 3 aliphatic rings. The molecule has 0 spiro atoms. The Labute approximate surface area is 160 Å². The number of hydrogen-bond donors (Lipinski definition) is 1. The van der Waals surface area contributed by atoms with E-state index in [1.807, 2.05) is 35.2 Å². The molecule has 0 unspecified atom stereocenters. The lowest BCUT2D eigenvalue weighted by molar-refractivity contribution is -0.131. The Morgan fingerprint density at radius 3 is 2.63 bits per heavy atom. The summed E-state index contributed by atoms with van der Waals surface area (Å²) < 4.78 is 11.2. The summed E-state index contributed by atoms with van der Waals surface area (Å²) in [4.78, 5) is 27.5. The molecule has 0 aromatic heterocycles. The van der Waals surface area contributed by atoms with E-state index in [1.54, 1.807) is 0 Å². The van der Waals surface area contributed by atoms with Crippen molar-refractivity contribution in [3.05, 3.63) is 35.9 Å². The minimum Gasteiger partial charge on any atom is -0.381 e. The van der Waals surface area contributed by atoms with E-state index in [0.717, 1.165) is 38.0 Å². The lowest BCUT2D eigenvalue weighted by Crippen LogP contribution is -2.40. The fraction of sp³-hybridized carbons (Fsp3) is 0.619. The molecule has 0 saturated carbocycles. The van der Waals surface area contributed by atoms with E-state index in [9.17, 15) is 9.59 Å². The molecule has 6 nitrogen and oxygen atoms in total. The fourth-order valence-corrected chi connectivity index (χ4v) is 4.49. The Morgan fingerprint density at radius 1 is 1.07 bits per heavy atom. The molecule has 0 aliphatic carbocycles. The summed E-state index contributed by atoms with van der Waals surface area (Å²) in [7, 11) is 0. The summed E-state index contributed by atoms with van der Waals surface area (Å²) in [6.07, 6.45) is 3.01. The van der Waals surface area contributed by atoms with Crippen LogP contribution < -0.4 is 5.32 Å². The lowest BCUT2D eigenvalue weighted by atomic mass is 9.98. The standard InChI is InChI=1S/C21H28N2O4/c24-19(12-15-4-2-1-3-5-15)23-14-17(20-18(23)8-11-27-20)21(25)22-13-16-6-9-26-10-7-16/h1-5,16-18,20H,6-14H2,(H,22,25)/t17-,18-,20-/m1/s1. The van der Waals surface area contributed by atoms with Gasteiger partial charge in [-0.2, -0.15) is 0 Å². The second-order valence-electron chi connectivity index (χ2n) is 7.81. The van der Waals surface area contributed by atoms with E-state index in [2.05, 4.69) is 5.32 Å². The third kappa shape index (κ3) is 4.17. The molecule has 3 saturated heterocycles. The second-order valence-corrected chi connectivity index (χ2v) is 7.81. The predicted molar refractivity (Wildman–Crippen MR) is 100 cm³/mol. The van der Waals surface area contributed by atoms with Crippen molar-refractivity contribution in [1.82, 2.24) is 10.2 Å². The number of ether oxygens (including phenoxy) is 2. The van der Waals surface area contributed by atoms with Crippen LogP contribution in [-0.2, 0) is 25.5 Å². The van der Waals surface area contributed by atoms with Crippen LogP contribution in [0.3, 0.4) is 0 Å². The van der Waals surface area contributed by atoms with Crippen LogP contribution >= 0.6 is 0 Å². The van der Waals surface area contributed by atoms with E-state index in [-0.39, 0.29) is 29.9 Å². The van der Waals surface area contributed by atoms with Crippen LogP contribution in [-0.4, -0.2) is 61.8 Å². The number of carbonyl (C=O) groups is 2. The van der Waals surface area contributed by atoms with Gasteiger partial charge in [-0.25, -0.2) is 0 Å². The smallest absolute Gasteiger partial charge is 0.227 e. The van der Waals surface area contributed by atoms with Crippen molar-refractivity contribution in [2.45, 2.75) is 37.8 Å². The molecule has 0 bridgehead atoms. The molecule has 146 valence electrons. The van der Waals surface area contributed by atoms with Gasteiger partial charge < -0.3 is 19.7 Å². The molecule has 3 heterocycles. The maximum absolute atomic E-state index is 12.9. The van der Waals surface area contributed by atoms with Crippen molar-refractivity contribution in [2.75, 3.05) is 32.9 Å². The first-order chi connectivity index (χ1) is 13.2. The van der Waals surface area contributed by atoms with Gasteiger partial charge in [0.15, 0.2) is 0 Å². The number of carbonyl (C=O) groups excluding carboxylic acids is 2. The Balaban J connectivity index is 1.36. The highest BCUT2D eigenvalue weighted by Gasteiger charge is 2.50. The first kappa shape index (κ1) is 18.4. The molecule has 3 aliphatic heterocycles. The van der Waals surface area contributed by atoms with Crippen LogP contribution in [0.25, 0.3) is 0 Å². The molecular weight excluding hydrogens is 344 g/mol. The summed E-state index contributed by atoms with van der Waals surface area (Å²) in [5.74, 6) is 0.326. The van der Waals surface area contributed by atoms with Gasteiger partial charge in [0, 0.05) is 32.9 Å². The van der Waals surface area contributed by atoms with Gasteiger partial charge in [-0.1, -0.05) is 30.3 Å². The fourth-order valence-electron chi connectivity index (χ4n) is 4.49. The van der Waals surface area contributed by atoms with E-state index in [0.29, 0.717) is 32.0 Å². The zero-order valence-electron chi connectivity index (χ0n) is 15.6. The average Bonchev–Trinajstić information content (AvgIpc) is 3.30. The third-order valence-corrected chi connectivity index (χ3v) is 6.05. The minimum absolute atomic E-state index is 0.0217. The number of likely N-dealkylation sites (tertiary alicyclic amines) is 1. The van der Waals surface area contributed by atoms with E-state index in [1.165, 1.54) is 0 Å². The van der Waals surface area contributed by atoms with Crippen LogP contribution in [0.15, 0.2) is 30.3 Å². The van der Waals surface area contributed by atoms with Crippen molar-refractivity contribution in [3.8, 4) is 0 Å². The van der Waals surface area contributed by atoms with Gasteiger partial charge in [-0.3, -0.25) is 9.59 Å². The third-order valence-electron chi connectivity index (χ3n) is 6.05. The Bertz CT molecular complexity index is 659.